The van der Waals surface area contributed by atoms with Crippen LogP contribution in [0, 0.1) is 0 Å². The molecule has 0 saturated heterocycles. The van der Waals surface area contributed by atoms with Gasteiger partial charge in [-0.05, 0) is 0 Å². The van der Waals surface area contributed by atoms with Crippen molar-refractivity contribution in [2.45, 2.75) is 59.9 Å². The SMILES string of the molecule is CC(C)[O-].CC(C)[O-].CC(C)[O-].NCCO.[Ti+3]. The molecule has 17 heavy (non-hydrogen) atoms. The van der Waals surface area contributed by atoms with Crippen LogP contribution in [0.3, 0.4) is 0 Å². The molecule has 0 aromatic rings. The van der Waals surface area contributed by atoms with Gasteiger partial charge in [0.15, 0.2) is 0 Å². The molecule has 0 aromatic carbocycles. The van der Waals surface area contributed by atoms with Gasteiger partial charge in [0.25, 0.3) is 0 Å². The molecule has 0 fully saturated rings. The molecule has 3 N–H and O–H groups in total. The molecule has 0 rings (SSSR count). The van der Waals surface area contributed by atoms with E-state index in [0.717, 1.165) is 0 Å². The number of hydrogen-bond acceptors (Lipinski definition) is 5. The number of hydrogen-bond donors (Lipinski definition) is 2. The topological polar surface area (TPSA) is 115 Å². The van der Waals surface area contributed by atoms with E-state index in [1.165, 1.54) is 0 Å². The van der Waals surface area contributed by atoms with Gasteiger partial charge in [-0.1, -0.05) is 41.5 Å². The maximum Gasteiger partial charge on any atom is 3.00 e. The average molecular weight is 286 g/mol. The Hall–Kier alpha value is 0.514. The molecule has 0 aliphatic rings. The third-order valence-electron chi connectivity index (χ3n) is 0.129. The van der Waals surface area contributed by atoms with Crippen LogP contribution in [0.4, 0.5) is 0 Å². The van der Waals surface area contributed by atoms with Crippen LogP contribution in [0.25, 0.3) is 0 Å². The summed E-state index contributed by atoms with van der Waals surface area (Å²) in [4.78, 5) is 0. The molecular formula is C11H28NO4Ti. The van der Waals surface area contributed by atoms with Crippen LogP contribution in [0.1, 0.15) is 41.5 Å². The van der Waals surface area contributed by atoms with Crippen molar-refractivity contribution in [2.75, 3.05) is 13.2 Å². The van der Waals surface area contributed by atoms with Crippen molar-refractivity contribution in [1.29, 1.82) is 0 Å². The van der Waals surface area contributed by atoms with E-state index in [9.17, 15) is 15.3 Å². The first-order chi connectivity index (χ1) is 7.11. The molecule has 5 nitrogen and oxygen atoms in total. The first-order valence-electron chi connectivity index (χ1n) is 5.40. The van der Waals surface area contributed by atoms with Crippen LogP contribution in [-0.2, 0) is 21.7 Å². The Morgan fingerprint density at radius 3 is 0.882 bits per heavy atom. The molecule has 0 unspecified atom stereocenters. The van der Waals surface area contributed by atoms with E-state index < -0.39 is 18.3 Å². The van der Waals surface area contributed by atoms with Crippen LogP contribution >= 0.6 is 0 Å². The second-order valence-electron chi connectivity index (χ2n) is 3.66. The third-order valence-corrected chi connectivity index (χ3v) is 0.129. The Morgan fingerprint density at radius 1 is 0.824 bits per heavy atom. The van der Waals surface area contributed by atoms with Crippen molar-refractivity contribution < 1.29 is 42.1 Å². The largest absolute Gasteiger partial charge is 3.00 e. The van der Waals surface area contributed by atoms with Crippen LogP contribution in [-0.4, -0.2) is 36.6 Å². The quantitative estimate of drug-likeness (QED) is 0.552. The minimum absolute atomic E-state index is 0. The van der Waals surface area contributed by atoms with Gasteiger partial charge in [-0.25, -0.2) is 0 Å². The molecule has 0 amide bonds. The Balaban J connectivity index is -0.0000000369. The maximum absolute atomic E-state index is 9.53. The van der Waals surface area contributed by atoms with Crippen LogP contribution in [0.5, 0.6) is 0 Å². The number of aliphatic hydroxyl groups excluding tert-OH is 1. The predicted molar refractivity (Wildman–Crippen MR) is 61.5 cm³/mol. The molecule has 6 heteroatoms. The Bertz CT molecular complexity index is 69.0. The van der Waals surface area contributed by atoms with Crippen molar-refractivity contribution in [3.63, 3.8) is 0 Å². The van der Waals surface area contributed by atoms with Gasteiger partial charge in [0.2, 0.25) is 0 Å². The molecule has 0 aliphatic heterocycles. The fourth-order valence-corrected chi connectivity index (χ4v) is 0. The molecule has 0 heterocycles. The van der Waals surface area contributed by atoms with Crippen LogP contribution in [0.15, 0.2) is 0 Å². The van der Waals surface area contributed by atoms with Gasteiger partial charge in [0, 0.05) is 6.54 Å². The fourth-order valence-electron chi connectivity index (χ4n) is 0. The second-order valence-corrected chi connectivity index (χ2v) is 3.66. The zero-order valence-electron chi connectivity index (χ0n) is 11.9. The summed E-state index contributed by atoms with van der Waals surface area (Å²) in [5, 5.41) is 36.3. The fraction of sp³-hybridized carbons (Fsp3) is 1.00. The standard InChI is InChI=1S/3C3H7O.C2H7NO.Ti/c3*1-3(2)4;3-1-2-4;/h3*3H,1-2H3;4H,1-3H2;/q3*-1;;+3. The van der Waals surface area contributed by atoms with E-state index in [4.69, 9.17) is 10.8 Å². The zero-order chi connectivity index (χ0) is 14.1. The van der Waals surface area contributed by atoms with Crippen molar-refractivity contribution in [2.24, 2.45) is 5.73 Å². The molecular weight excluding hydrogens is 258 g/mol. The van der Waals surface area contributed by atoms with E-state index in [1.54, 1.807) is 41.5 Å². The predicted octanol–water partition coefficient (Wildman–Crippen LogP) is -1.80. The smallest absolute Gasteiger partial charge is 0.852 e. The van der Waals surface area contributed by atoms with E-state index >= 15 is 0 Å². The second kappa shape index (κ2) is 30.0. The first kappa shape index (κ1) is 30.5. The molecule has 105 valence electrons. The first-order valence-corrected chi connectivity index (χ1v) is 5.40. The summed E-state index contributed by atoms with van der Waals surface area (Å²) in [7, 11) is 0. The average Bonchev–Trinajstić information content (AvgIpc) is 2.00. The number of nitrogens with two attached hydrogens (primary N) is 1. The molecule has 0 spiro atoms. The number of aliphatic hydroxyl groups is 1. The van der Waals surface area contributed by atoms with Crippen LogP contribution in [0.2, 0.25) is 0 Å². The van der Waals surface area contributed by atoms with Gasteiger partial charge in [-0.15, -0.1) is 18.3 Å². The summed E-state index contributed by atoms with van der Waals surface area (Å²) < 4.78 is 0. The monoisotopic (exact) mass is 286 g/mol. The van der Waals surface area contributed by atoms with Gasteiger partial charge >= 0.3 is 21.7 Å². The zero-order valence-corrected chi connectivity index (χ0v) is 13.5. The third kappa shape index (κ3) is 1520. The maximum atomic E-state index is 9.53. The van der Waals surface area contributed by atoms with E-state index in [1.807, 2.05) is 0 Å². The molecule has 0 saturated carbocycles. The molecule has 0 aromatic heterocycles. The Morgan fingerprint density at radius 2 is 0.882 bits per heavy atom. The van der Waals surface area contributed by atoms with Crippen molar-refractivity contribution in [1.82, 2.24) is 0 Å². The molecule has 0 atom stereocenters. The molecule has 0 bridgehead atoms. The Kier molecular flexibility index (Phi) is 53.8. The van der Waals surface area contributed by atoms with Crippen molar-refractivity contribution in [3.8, 4) is 0 Å². The number of rotatable bonds is 1. The van der Waals surface area contributed by atoms with Gasteiger partial charge in [-0.3, -0.25) is 0 Å². The van der Waals surface area contributed by atoms with Crippen molar-refractivity contribution >= 4 is 0 Å². The van der Waals surface area contributed by atoms with Crippen molar-refractivity contribution in [3.05, 3.63) is 0 Å². The summed E-state index contributed by atoms with van der Waals surface area (Å²) >= 11 is 0. The normalized spacial score (nSPS) is 8.12. The van der Waals surface area contributed by atoms with E-state index in [0.29, 0.717) is 6.54 Å². The minimum atomic E-state index is -0.417. The van der Waals surface area contributed by atoms with Gasteiger partial charge < -0.3 is 26.2 Å². The summed E-state index contributed by atoms with van der Waals surface area (Å²) in [6, 6.07) is 0. The molecule has 1 radical (unpaired) electrons. The summed E-state index contributed by atoms with van der Waals surface area (Å²) in [5.74, 6) is 0. The summed E-state index contributed by atoms with van der Waals surface area (Å²) in [6.07, 6.45) is -1.25. The summed E-state index contributed by atoms with van der Waals surface area (Å²) in [6.45, 7) is 10.1. The van der Waals surface area contributed by atoms with Crippen LogP contribution < -0.4 is 21.1 Å². The Labute approximate surface area is 121 Å². The summed E-state index contributed by atoms with van der Waals surface area (Å²) in [5.41, 5.74) is 4.78. The van der Waals surface area contributed by atoms with E-state index in [-0.39, 0.29) is 28.3 Å². The van der Waals surface area contributed by atoms with E-state index in [2.05, 4.69) is 0 Å². The minimum Gasteiger partial charge on any atom is -0.852 e. The van der Waals surface area contributed by atoms with Gasteiger partial charge in [0.05, 0.1) is 6.61 Å². The molecule has 0 aliphatic carbocycles. The van der Waals surface area contributed by atoms with Gasteiger partial charge in [-0.2, -0.15) is 0 Å². The van der Waals surface area contributed by atoms with Gasteiger partial charge in [0.1, 0.15) is 0 Å².